The van der Waals surface area contributed by atoms with E-state index in [1.807, 2.05) is 6.07 Å². The third-order valence-corrected chi connectivity index (χ3v) is 2.88. The zero-order valence-corrected chi connectivity index (χ0v) is 10.8. The van der Waals surface area contributed by atoms with Crippen molar-refractivity contribution in [2.45, 2.75) is 6.92 Å². The van der Waals surface area contributed by atoms with Crippen LogP contribution < -0.4 is 11.1 Å². The van der Waals surface area contributed by atoms with Crippen LogP contribution >= 0.6 is 0 Å². The molecule has 5 heteroatoms. The molecule has 0 fully saturated rings. The van der Waals surface area contributed by atoms with Gasteiger partial charge in [-0.1, -0.05) is 6.07 Å². The van der Waals surface area contributed by atoms with Crippen LogP contribution in [-0.4, -0.2) is 5.91 Å². The van der Waals surface area contributed by atoms with Crippen LogP contribution in [0.2, 0.25) is 0 Å². The number of benzene rings is 2. The molecule has 0 heterocycles. The Kier molecular flexibility index (Phi) is 3.67. The Balaban J connectivity index is 2.28. The van der Waals surface area contributed by atoms with E-state index in [1.54, 1.807) is 25.1 Å². The summed E-state index contributed by atoms with van der Waals surface area (Å²) in [7, 11) is 0. The average molecular weight is 269 g/mol. The summed E-state index contributed by atoms with van der Waals surface area (Å²) in [6.07, 6.45) is 0. The number of rotatable bonds is 2. The van der Waals surface area contributed by atoms with Gasteiger partial charge in [-0.3, -0.25) is 4.79 Å². The smallest absolute Gasteiger partial charge is 0.255 e. The molecule has 0 aromatic heterocycles. The van der Waals surface area contributed by atoms with E-state index in [2.05, 4.69) is 5.32 Å². The van der Waals surface area contributed by atoms with E-state index in [1.165, 1.54) is 12.1 Å². The topological polar surface area (TPSA) is 78.9 Å². The van der Waals surface area contributed by atoms with Gasteiger partial charge in [0.2, 0.25) is 0 Å². The van der Waals surface area contributed by atoms with Gasteiger partial charge in [-0.2, -0.15) is 5.26 Å². The number of nitrogens with two attached hydrogens (primary N) is 1. The monoisotopic (exact) mass is 269 g/mol. The minimum Gasteiger partial charge on any atom is -0.396 e. The molecule has 0 spiro atoms. The van der Waals surface area contributed by atoms with Crippen LogP contribution in [0.1, 0.15) is 21.5 Å². The van der Waals surface area contributed by atoms with Gasteiger partial charge < -0.3 is 11.1 Å². The van der Waals surface area contributed by atoms with Gasteiger partial charge in [-0.15, -0.1) is 0 Å². The third-order valence-electron chi connectivity index (χ3n) is 2.88. The van der Waals surface area contributed by atoms with E-state index in [-0.39, 0.29) is 11.3 Å². The lowest BCUT2D eigenvalue weighted by atomic mass is 10.1. The highest BCUT2D eigenvalue weighted by Crippen LogP contribution is 2.18. The number of anilines is 2. The number of hydrogen-bond acceptors (Lipinski definition) is 3. The van der Waals surface area contributed by atoms with Crippen molar-refractivity contribution < 1.29 is 9.18 Å². The van der Waals surface area contributed by atoms with Gasteiger partial charge >= 0.3 is 0 Å². The Bertz CT molecular complexity index is 720. The van der Waals surface area contributed by atoms with Gasteiger partial charge in [-0.25, -0.2) is 4.39 Å². The maximum Gasteiger partial charge on any atom is 0.255 e. The molecular weight excluding hydrogens is 257 g/mol. The highest BCUT2D eigenvalue weighted by atomic mass is 19.1. The lowest BCUT2D eigenvalue weighted by Crippen LogP contribution is -2.13. The van der Waals surface area contributed by atoms with Crippen LogP contribution in [0.3, 0.4) is 0 Å². The van der Waals surface area contributed by atoms with E-state index >= 15 is 0 Å². The fourth-order valence-corrected chi connectivity index (χ4v) is 1.69. The summed E-state index contributed by atoms with van der Waals surface area (Å²) < 4.78 is 13.3. The van der Waals surface area contributed by atoms with Crippen molar-refractivity contribution in [1.29, 1.82) is 5.26 Å². The maximum absolute atomic E-state index is 13.3. The van der Waals surface area contributed by atoms with Crippen molar-refractivity contribution in [3.8, 4) is 6.07 Å². The summed E-state index contributed by atoms with van der Waals surface area (Å²) in [5.41, 5.74) is 7.29. The normalized spacial score (nSPS) is 9.85. The summed E-state index contributed by atoms with van der Waals surface area (Å²) in [4.78, 5) is 12.0. The van der Waals surface area contributed by atoms with Crippen LogP contribution in [0, 0.1) is 24.1 Å². The standard InChI is InChI=1S/C15H12FN3O/c1-9-2-3-10(8-17)6-14(9)19-15(20)11-4-5-13(18)12(16)7-11/h2-7H,18H2,1H3,(H,19,20). The van der Waals surface area contributed by atoms with E-state index < -0.39 is 11.7 Å². The quantitative estimate of drug-likeness (QED) is 0.823. The zero-order chi connectivity index (χ0) is 14.7. The van der Waals surface area contributed by atoms with Crippen LogP contribution in [0.15, 0.2) is 36.4 Å². The summed E-state index contributed by atoms with van der Waals surface area (Å²) >= 11 is 0. The Morgan fingerprint density at radius 2 is 2.05 bits per heavy atom. The van der Waals surface area contributed by atoms with Crippen molar-refractivity contribution in [2.75, 3.05) is 11.1 Å². The molecule has 20 heavy (non-hydrogen) atoms. The van der Waals surface area contributed by atoms with Gasteiger partial charge in [0.25, 0.3) is 5.91 Å². The minimum absolute atomic E-state index is 0.00999. The van der Waals surface area contributed by atoms with E-state index in [4.69, 9.17) is 11.0 Å². The van der Waals surface area contributed by atoms with E-state index in [0.717, 1.165) is 11.6 Å². The number of amides is 1. The molecule has 2 rings (SSSR count). The molecule has 0 saturated heterocycles. The molecular formula is C15H12FN3O. The fourth-order valence-electron chi connectivity index (χ4n) is 1.69. The fraction of sp³-hybridized carbons (Fsp3) is 0.0667. The molecule has 0 aliphatic carbocycles. The summed E-state index contributed by atoms with van der Waals surface area (Å²) in [6, 6.07) is 10.8. The Morgan fingerprint density at radius 3 is 2.70 bits per heavy atom. The van der Waals surface area contributed by atoms with Crippen LogP contribution in [-0.2, 0) is 0 Å². The first-order valence-electron chi connectivity index (χ1n) is 5.88. The SMILES string of the molecule is Cc1ccc(C#N)cc1NC(=O)c1ccc(N)c(F)c1. The second-order valence-corrected chi connectivity index (χ2v) is 4.33. The summed E-state index contributed by atoms with van der Waals surface area (Å²) in [5, 5.41) is 11.5. The molecule has 0 radical (unpaired) electrons. The Morgan fingerprint density at radius 1 is 1.30 bits per heavy atom. The number of carbonyl (C=O) groups is 1. The molecule has 2 aromatic carbocycles. The molecule has 0 aliphatic heterocycles. The molecule has 0 unspecified atom stereocenters. The first-order valence-corrected chi connectivity index (χ1v) is 5.88. The number of nitriles is 1. The molecule has 0 bridgehead atoms. The number of nitrogens with zero attached hydrogens (tertiary/aromatic N) is 1. The zero-order valence-electron chi connectivity index (χ0n) is 10.8. The minimum atomic E-state index is -0.639. The van der Waals surface area contributed by atoms with E-state index in [0.29, 0.717) is 11.3 Å². The van der Waals surface area contributed by atoms with Gasteiger partial charge in [0.1, 0.15) is 5.82 Å². The van der Waals surface area contributed by atoms with Crippen LogP contribution in [0.4, 0.5) is 15.8 Å². The highest BCUT2D eigenvalue weighted by molar-refractivity contribution is 6.04. The number of carbonyl (C=O) groups excluding carboxylic acids is 1. The van der Waals surface area contributed by atoms with Crippen molar-refractivity contribution in [2.24, 2.45) is 0 Å². The lowest BCUT2D eigenvalue weighted by Gasteiger charge is -2.09. The molecule has 1 amide bonds. The number of nitrogens with one attached hydrogen (secondary N) is 1. The predicted octanol–water partition coefficient (Wildman–Crippen LogP) is 2.84. The van der Waals surface area contributed by atoms with Gasteiger partial charge in [0.05, 0.1) is 17.3 Å². The first-order chi connectivity index (χ1) is 9.51. The second kappa shape index (κ2) is 5.41. The molecule has 2 aromatic rings. The molecule has 4 nitrogen and oxygen atoms in total. The number of aryl methyl sites for hydroxylation is 1. The Labute approximate surface area is 115 Å². The third kappa shape index (κ3) is 2.75. The van der Waals surface area contributed by atoms with Crippen molar-refractivity contribution in [3.63, 3.8) is 0 Å². The highest BCUT2D eigenvalue weighted by Gasteiger charge is 2.10. The van der Waals surface area contributed by atoms with Crippen molar-refractivity contribution in [3.05, 3.63) is 58.9 Å². The first kappa shape index (κ1) is 13.6. The summed E-state index contributed by atoms with van der Waals surface area (Å²) in [6.45, 7) is 1.81. The van der Waals surface area contributed by atoms with Crippen LogP contribution in [0.5, 0.6) is 0 Å². The second-order valence-electron chi connectivity index (χ2n) is 4.33. The molecule has 0 aliphatic rings. The number of halogens is 1. The van der Waals surface area contributed by atoms with Crippen LogP contribution in [0.25, 0.3) is 0 Å². The number of nitrogen functional groups attached to an aromatic ring is 1. The molecule has 0 saturated carbocycles. The van der Waals surface area contributed by atoms with E-state index in [9.17, 15) is 9.18 Å². The predicted molar refractivity (Wildman–Crippen MR) is 74.7 cm³/mol. The summed E-state index contributed by atoms with van der Waals surface area (Å²) in [5.74, 6) is -1.10. The molecule has 100 valence electrons. The molecule has 0 atom stereocenters. The van der Waals surface area contributed by atoms with Gasteiger partial charge in [-0.05, 0) is 42.8 Å². The van der Waals surface area contributed by atoms with Gasteiger partial charge in [0, 0.05) is 11.3 Å². The lowest BCUT2D eigenvalue weighted by molar-refractivity contribution is 0.102. The van der Waals surface area contributed by atoms with Crippen molar-refractivity contribution in [1.82, 2.24) is 0 Å². The number of hydrogen-bond donors (Lipinski definition) is 2. The molecule has 3 N–H and O–H groups in total. The van der Waals surface area contributed by atoms with Crippen molar-refractivity contribution >= 4 is 17.3 Å². The largest absolute Gasteiger partial charge is 0.396 e. The maximum atomic E-state index is 13.3. The van der Waals surface area contributed by atoms with Gasteiger partial charge in [0.15, 0.2) is 0 Å². The average Bonchev–Trinajstić information content (AvgIpc) is 2.44. The Hall–Kier alpha value is -2.87.